The van der Waals surface area contributed by atoms with Crippen LogP contribution >= 0.6 is 11.8 Å². The Morgan fingerprint density at radius 3 is 2.30 bits per heavy atom. The third kappa shape index (κ3) is 5.92. The molecule has 0 atom stereocenters. The standard InChI is InChI=1S/C22H23NO3S.CO2/c1-3-4-7-14-23-18-8-5-6-9-20(18)27-21(23)15-19(24)16-10-12-17(13-11-16)22(25)26-2;2-1-3/h5-6,8-13,15H,3-4,7,14H2,1-2H3;/b21-15+;. The molecule has 0 spiro atoms. The first-order valence-corrected chi connectivity index (χ1v) is 10.4. The molecule has 1 aliphatic rings. The van der Waals surface area contributed by atoms with E-state index < -0.39 is 5.97 Å². The molecule has 0 saturated carbocycles. The minimum absolute atomic E-state index is 0.0674. The van der Waals surface area contributed by atoms with Crippen molar-refractivity contribution in [2.24, 2.45) is 0 Å². The SMILES string of the molecule is CCCCCN1/C(=C\C(=O)c2ccc(C(=O)OC)cc2)Sc2ccccc21.O=C=O. The molecular formula is C23H23NO5S. The lowest BCUT2D eigenvalue weighted by Gasteiger charge is -2.20. The molecule has 156 valence electrons. The number of ketones is 1. The van der Waals surface area contributed by atoms with Crippen LogP contribution < -0.4 is 4.90 Å². The van der Waals surface area contributed by atoms with Crippen molar-refractivity contribution in [3.63, 3.8) is 0 Å². The summed E-state index contributed by atoms with van der Waals surface area (Å²) in [6.07, 6.45) is 5.36. The molecule has 0 aromatic heterocycles. The molecule has 1 aliphatic heterocycles. The van der Waals surface area contributed by atoms with Gasteiger partial charge in [-0.2, -0.15) is 9.59 Å². The van der Waals surface area contributed by atoms with Gasteiger partial charge >= 0.3 is 12.1 Å². The van der Waals surface area contributed by atoms with Crippen LogP contribution in [0.1, 0.15) is 46.9 Å². The molecule has 2 aromatic rings. The number of hydrogen-bond acceptors (Lipinski definition) is 7. The number of ether oxygens (including phenoxy) is 1. The number of thioether (sulfide) groups is 1. The van der Waals surface area contributed by atoms with Crippen LogP contribution in [0.3, 0.4) is 0 Å². The summed E-state index contributed by atoms with van der Waals surface area (Å²) in [6, 6.07) is 14.8. The van der Waals surface area contributed by atoms with E-state index in [-0.39, 0.29) is 11.9 Å². The summed E-state index contributed by atoms with van der Waals surface area (Å²) in [7, 11) is 1.34. The Hall–Kier alpha value is -3.15. The van der Waals surface area contributed by atoms with E-state index in [4.69, 9.17) is 14.3 Å². The lowest BCUT2D eigenvalue weighted by molar-refractivity contribution is -0.191. The smallest absolute Gasteiger partial charge is 0.373 e. The molecule has 0 fully saturated rings. The number of hydrogen-bond donors (Lipinski definition) is 0. The van der Waals surface area contributed by atoms with Gasteiger partial charge in [-0.25, -0.2) is 4.79 Å². The summed E-state index contributed by atoms with van der Waals surface area (Å²) in [6.45, 7) is 3.09. The van der Waals surface area contributed by atoms with Crippen molar-refractivity contribution in [3.8, 4) is 0 Å². The number of fused-ring (bicyclic) bond motifs is 1. The molecule has 0 bridgehead atoms. The maximum Gasteiger partial charge on any atom is 0.373 e. The Bertz CT molecular complexity index is 946. The van der Waals surface area contributed by atoms with E-state index in [0.717, 1.165) is 24.4 Å². The number of anilines is 1. The van der Waals surface area contributed by atoms with Crippen LogP contribution in [0.15, 0.2) is 64.5 Å². The number of carbonyl (C=O) groups is 2. The molecule has 2 aromatic carbocycles. The Morgan fingerprint density at radius 2 is 1.67 bits per heavy atom. The summed E-state index contributed by atoms with van der Waals surface area (Å²) in [5.74, 6) is -0.474. The second-order valence-electron chi connectivity index (χ2n) is 6.43. The van der Waals surface area contributed by atoms with Crippen molar-refractivity contribution in [1.82, 2.24) is 0 Å². The molecule has 7 heteroatoms. The second kappa shape index (κ2) is 11.8. The van der Waals surface area contributed by atoms with Crippen LogP contribution in [0.4, 0.5) is 5.69 Å². The van der Waals surface area contributed by atoms with Crippen LogP contribution in [-0.4, -0.2) is 31.6 Å². The van der Waals surface area contributed by atoms with E-state index >= 15 is 0 Å². The summed E-state index contributed by atoms with van der Waals surface area (Å²) in [4.78, 5) is 43.9. The normalized spacial score (nSPS) is 13.1. The lowest BCUT2D eigenvalue weighted by Crippen LogP contribution is -2.19. The number of rotatable bonds is 7. The fraction of sp³-hybridized carbons (Fsp3) is 0.261. The molecule has 1 heterocycles. The number of benzene rings is 2. The van der Waals surface area contributed by atoms with Crippen LogP contribution in [0.2, 0.25) is 0 Å². The molecular weight excluding hydrogens is 402 g/mol. The van der Waals surface area contributed by atoms with Crippen molar-refractivity contribution < 1.29 is 23.9 Å². The van der Waals surface area contributed by atoms with E-state index in [9.17, 15) is 9.59 Å². The first kappa shape index (κ1) is 23.1. The van der Waals surface area contributed by atoms with E-state index in [2.05, 4.69) is 24.0 Å². The Balaban J connectivity index is 0.00000101. The number of carbonyl (C=O) groups excluding carboxylic acids is 4. The van der Waals surface area contributed by atoms with Crippen LogP contribution in [0, 0.1) is 0 Å². The van der Waals surface area contributed by atoms with Crippen molar-refractivity contribution in [2.75, 3.05) is 18.6 Å². The van der Waals surface area contributed by atoms with E-state index in [1.54, 1.807) is 42.1 Å². The maximum atomic E-state index is 12.7. The summed E-state index contributed by atoms with van der Waals surface area (Å²) in [5.41, 5.74) is 2.16. The minimum Gasteiger partial charge on any atom is -0.465 e. The molecule has 0 unspecified atom stereocenters. The largest absolute Gasteiger partial charge is 0.465 e. The quantitative estimate of drug-likeness (QED) is 0.275. The van der Waals surface area contributed by atoms with E-state index in [1.807, 2.05) is 12.1 Å². The zero-order valence-corrected chi connectivity index (χ0v) is 17.7. The monoisotopic (exact) mass is 425 g/mol. The highest BCUT2D eigenvalue weighted by Gasteiger charge is 2.25. The van der Waals surface area contributed by atoms with Crippen molar-refractivity contribution >= 4 is 35.4 Å². The molecule has 3 rings (SSSR count). The maximum absolute atomic E-state index is 12.7. The summed E-state index contributed by atoms with van der Waals surface area (Å²) in [5, 5.41) is 0.953. The number of methoxy groups -OCH3 is 1. The Labute approximate surface area is 179 Å². The zero-order valence-electron chi connectivity index (χ0n) is 16.9. The number of unbranched alkanes of at least 4 members (excludes halogenated alkanes) is 2. The van der Waals surface area contributed by atoms with Crippen molar-refractivity contribution in [3.05, 3.63) is 70.8 Å². The molecule has 0 aliphatic carbocycles. The third-order valence-electron chi connectivity index (χ3n) is 4.47. The Morgan fingerprint density at radius 1 is 1.03 bits per heavy atom. The molecule has 6 nitrogen and oxygen atoms in total. The van der Waals surface area contributed by atoms with Crippen molar-refractivity contribution in [1.29, 1.82) is 0 Å². The third-order valence-corrected chi connectivity index (χ3v) is 5.58. The van der Waals surface area contributed by atoms with Gasteiger partial charge in [-0.3, -0.25) is 4.79 Å². The molecule has 0 amide bonds. The topological polar surface area (TPSA) is 80.8 Å². The molecule has 0 saturated heterocycles. The van der Waals surface area contributed by atoms with Gasteiger partial charge in [0.25, 0.3) is 0 Å². The molecule has 0 radical (unpaired) electrons. The van der Waals surface area contributed by atoms with Gasteiger partial charge < -0.3 is 9.64 Å². The van der Waals surface area contributed by atoms with E-state index in [0.29, 0.717) is 11.1 Å². The van der Waals surface area contributed by atoms with Gasteiger partial charge in [0.05, 0.1) is 23.4 Å². The fourth-order valence-electron chi connectivity index (χ4n) is 2.99. The summed E-state index contributed by atoms with van der Waals surface area (Å²) < 4.78 is 4.70. The first-order chi connectivity index (χ1) is 14.5. The highest BCUT2D eigenvalue weighted by Crippen LogP contribution is 2.45. The molecule has 0 N–H and O–H groups in total. The number of esters is 1. The zero-order chi connectivity index (χ0) is 21.9. The van der Waals surface area contributed by atoms with Crippen molar-refractivity contribution in [2.45, 2.75) is 31.1 Å². The van der Waals surface area contributed by atoms with Gasteiger partial charge in [0, 0.05) is 23.1 Å². The summed E-state index contributed by atoms with van der Waals surface area (Å²) >= 11 is 1.63. The molecule has 30 heavy (non-hydrogen) atoms. The van der Waals surface area contributed by atoms with Gasteiger partial charge in [-0.05, 0) is 30.7 Å². The van der Waals surface area contributed by atoms with Gasteiger partial charge in [0.1, 0.15) is 0 Å². The fourth-order valence-corrected chi connectivity index (χ4v) is 4.12. The minimum atomic E-state index is -0.406. The average molecular weight is 426 g/mol. The van der Waals surface area contributed by atoms with Gasteiger partial charge in [-0.15, -0.1) is 0 Å². The van der Waals surface area contributed by atoms with Gasteiger partial charge in [0.15, 0.2) is 5.78 Å². The van der Waals surface area contributed by atoms with Crippen LogP contribution in [-0.2, 0) is 14.3 Å². The Kier molecular flexibility index (Phi) is 9.06. The van der Waals surface area contributed by atoms with Gasteiger partial charge in [-0.1, -0.05) is 55.8 Å². The first-order valence-electron chi connectivity index (χ1n) is 9.53. The van der Waals surface area contributed by atoms with E-state index in [1.165, 1.54) is 24.1 Å². The highest BCUT2D eigenvalue weighted by atomic mass is 32.2. The number of para-hydroxylation sites is 1. The van der Waals surface area contributed by atoms with Crippen LogP contribution in [0.25, 0.3) is 0 Å². The van der Waals surface area contributed by atoms with Crippen LogP contribution in [0.5, 0.6) is 0 Å². The average Bonchev–Trinajstić information content (AvgIpc) is 3.11. The van der Waals surface area contributed by atoms with Gasteiger partial charge in [0.2, 0.25) is 0 Å². The number of allylic oxidation sites excluding steroid dienone is 1. The second-order valence-corrected chi connectivity index (χ2v) is 7.49. The predicted octanol–water partition coefficient (Wildman–Crippen LogP) is 4.72. The highest BCUT2D eigenvalue weighted by molar-refractivity contribution is 8.03. The predicted molar refractivity (Wildman–Crippen MR) is 114 cm³/mol. The lowest BCUT2D eigenvalue weighted by atomic mass is 10.1. The number of nitrogens with zero attached hydrogens (tertiary/aromatic N) is 1.